The van der Waals surface area contributed by atoms with Crippen LogP contribution >= 0.6 is 23.5 Å². The summed E-state index contributed by atoms with van der Waals surface area (Å²) < 4.78 is 0. The zero-order valence-electron chi connectivity index (χ0n) is 11.0. The minimum Gasteiger partial charge on any atom is -0.396 e. The fourth-order valence-corrected chi connectivity index (χ4v) is 4.96. The van der Waals surface area contributed by atoms with Crippen LogP contribution in [0.25, 0.3) is 0 Å². The van der Waals surface area contributed by atoms with E-state index in [-0.39, 0.29) is 13.2 Å². The lowest BCUT2D eigenvalue weighted by atomic mass is 10.1. The van der Waals surface area contributed by atoms with E-state index in [2.05, 4.69) is 36.4 Å². The van der Waals surface area contributed by atoms with Gasteiger partial charge in [0.25, 0.3) is 0 Å². The normalized spacial score (nSPS) is 12.9. The van der Waals surface area contributed by atoms with Gasteiger partial charge >= 0.3 is 0 Å². The van der Waals surface area contributed by atoms with Gasteiger partial charge in [0.15, 0.2) is 0 Å². The molecule has 2 aromatic rings. The molecule has 0 fully saturated rings. The minimum absolute atomic E-state index is 0.165. The minimum atomic E-state index is 0.165. The Morgan fingerprint density at radius 1 is 0.700 bits per heavy atom. The van der Waals surface area contributed by atoms with Crippen molar-refractivity contribution in [2.24, 2.45) is 0 Å². The monoisotopic (exact) mass is 304 g/mol. The van der Waals surface area contributed by atoms with Crippen LogP contribution in [0.4, 0.5) is 0 Å². The van der Waals surface area contributed by atoms with Crippen molar-refractivity contribution in [1.82, 2.24) is 0 Å². The van der Waals surface area contributed by atoms with Crippen molar-refractivity contribution in [1.29, 1.82) is 0 Å². The SMILES string of the molecule is OCCc1ccc(CCO)c2c1Sc1ccccc1S2. The van der Waals surface area contributed by atoms with Crippen molar-refractivity contribution in [3.8, 4) is 0 Å². The van der Waals surface area contributed by atoms with Gasteiger partial charge in [-0.05, 0) is 36.1 Å². The first-order chi connectivity index (χ1) is 9.83. The van der Waals surface area contributed by atoms with Crippen LogP contribution in [0.3, 0.4) is 0 Å². The van der Waals surface area contributed by atoms with Crippen LogP contribution in [0.5, 0.6) is 0 Å². The van der Waals surface area contributed by atoms with Gasteiger partial charge in [0.2, 0.25) is 0 Å². The Hall–Kier alpha value is -0.940. The summed E-state index contributed by atoms with van der Waals surface area (Å²) in [5, 5.41) is 18.5. The van der Waals surface area contributed by atoms with E-state index in [9.17, 15) is 10.2 Å². The van der Waals surface area contributed by atoms with Crippen LogP contribution in [0.2, 0.25) is 0 Å². The number of benzene rings is 2. The van der Waals surface area contributed by atoms with E-state index in [1.807, 2.05) is 0 Å². The molecule has 2 aromatic carbocycles. The first-order valence-corrected chi connectivity index (χ1v) is 8.28. The first kappa shape index (κ1) is 14.0. The zero-order chi connectivity index (χ0) is 13.9. The molecule has 1 heterocycles. The van der Waals surface area contributed by atoms with Crippen LogP contribution < -0.4 is 0 Å². The van der Waals surface area contributed by atoms with E-state index in [0.717, 1.165) is 0 Å². The van der Waals surface area contributed by atoms with Crippen molar-refractivity contribution < 1.29 is 10.2 Å². The predicted octanol–water partition coefficient (Wildman–Crippen LogP) is 3.37. The van der Waals surface area contributed by atoms with Gasteiger partial charge in [-0.1, -0.05) is 47.8 Å². The van der Waals surface area contributed by atoms with Gasteiger partial charge < -0.3 is 10.2 Å². The lowest BCUT2D eigenvalue weighted by Gasteiger charge is -2.23. The number of hydrogen-bond donors (Lipinski definition) is 2. The average Bonchev–Trinajstić information content (AvgIpc) is 2.48. The van der Waals surface area contributed by atoms with Crippen LogP contribution in [-0.4, -0.2) is 23.4 Å². The Balaban J connectivity index is 2.08. The van der Waals surface area contributed by atoms with E-state index in [4.69, 9.17) is 0 Å². The molecule has 0 saturated heterocycles. The summed E-state index contributed by atoms with van der Waals surface area (Å²) in [6.07, 6.45) is 1.36. The highest BCUT2D eigenvalue weighted by Gasteiger charge is 2.21. The zero-order valence-corrected chi connectivity index (χ0v) is 12.6. The Kier molecular flexibility index (Phi) is 4.36. The highest BCUT2D eigenvalue weighted by molar-refractivity contribution is 8.05. The second-order valence-corrected chi connectivity index (χ2v) is 6.74. The third kappa shape index (κ3) is 2.61. The quantitative estimate of drug-likeness (QED) is 0.775. The van der Waals surface area contributed by atoms with Gasteiger partial charge in [-0.3, -0.25) is 0 Å². The fraction of sp³-hybridized carbons (Fsp3) is 0.250. The molecule has 0 amide bonds. The second-order valence-electron chi connectivity index (χ2n) is 4.64. The van der Waals surface area contributed by atoms with Gasteiger partial charge in [0.05, 0.1) is 0 Å². The summed E-state index contributed by atoms with van der Waals surface area (Å²) in [5.74, 6) is 0. The molecule has 1 aliphatic rings. The standard InChI is InChI=1S/C16H16O2S2/c17-9-7-11-5-6-12(8-10-18)16-15(11)19-13-3-1-2-4-14(13)20-16/h1-6,17-18H,7-10H2. The maximum Gasteiger partial charge on any atom is 0.0471 e. The van der Waals surface area contributed by atoms with Crippen molar-refractivity contribution in [2.75, 3.05) is 13.2 Å². The van der Waals surface area contributed by atoms with Crippen molar-refractivity contribution in [2.45, 2.75) is 32.4 Å². The van der Waals surface area contributed by atoms with Crippen LogP contribution in [0.1, 0.15) is 11.1 Å². The molecular formula is C16H16O2S2. The van der Waals surface area contributed by atoms with Crippen LogP contribution in [-0.2, 0) is 12.8 Å². The van der Waals surface area contributed by atoms with E-state index in [1.54, 1.807) is 23.5 Å². The summed E-state index contributed by atoms with van der Waals surface area (Å²) in [7, 11) is 0. The fourth-order valence-electron chi connectivity index (χ4n) is 2.34. The molecule has 0 atom stereocenters. The Morgan fingerprint density at radius 3 is 1.55 bits per heavy atom. The molecule has 0 spiro atoms. The first-order valence-electron chi connectivity index (χ1n) is 6.64. The molecule has 4 heteroatoms. The molecule has 0 unspecified atom stereocenters. The van der Waals surface area contributed by atoms with Crippen LogP contribution in [0, 0.1) is 0 Å². The lowest BCUT2D eigenvalue weighted by Crippen LogP contribution is -2.03. The third-order valence-electron chi connectivity index (χ3n) is 3.31. The van der Waals surface area contributed by atoms with E-state index in [1.165, 1.54) is 30.7 Å². The number of aliphatic hydroxyl groups is 2. The summed E-state index contributed by atoms with van der Waals surface area (Å²) in [4.78, 5) is 5.03. The summed E-state index contributed by atoms with van der Waals surface area (Å²) in [6, 6.07) is 12.6. The van der Waals surface area contributed by atoms with E-state index < -0.39 is 0 Å². The molecule has 0 saturated carbocycles. The van der Waals surface area contributed by atoms with Crippen LogP contribution in [0.15, 0.2) is 56.0 Å². The highest BCUT2D eigenvalue weighted by Crippen LogP contribution is 2.51. The molecule has 0 bridgehead atoms. The Labute approximate surface area is 127 Å². The lowest BCUT2D eigenvalue weighted by molar-refractivity contribution is 0.296. The number of aliphatic hydroxyl groups excluding tert-OH is 2. The molecule has 2 nitrogen and oxygen atoms in total. The van der Waals surface area contributed by atoms with E-state index >= 15 is 0 Å². The molecule has 0 aromatic heterocycles. The highest BCUT2D eigenvalue weighted by atomic mass is 32.2. The van der Waals surface area contributed by atoms with E-state index in [0.29, 0.717) is 12.8 Å². The smallest absolute Gasteiger partial charge is 0.0471 e. The predicted molar refractivity (Wildman–Crippen MR) is 82.7 cm³/mol. The molecule has 2 N–H and O–H groups in total. The van der Waals surface area contributed by atoms with Crippen molar-refractivity contribution >= 4 is 23.5 Å². The number of fused-ring (bicyclic) bond motifs is 2. The number of hydrogen-bond acceptors (Lipinski definition) is 4. The Morgan fingerprint density at radius 2 is 1.15 bits per heavy atom. The molecule has 0 aliphatic carbocycles. The van der Waals surface area contributed by atoms with Gasteiger partial charge in [0, 0.05) is 32.8 Å². The largest absolute Gasteiger partial charge is 0.396 e. The molecular weight excluding hydrogens is 288 g/mol. The second kappa shape index (κ2) is 6.22. The maximum atomic E-state index is 9.23. The molecule has 20 heavy (non-hydrogen) atoms. The topological polar surface area (TPSA) is 40.5 Å². The van der Waals surface area contributed by atoms with Gasteiger partial charge in [-0.25, -0.2) is 0 Å². The van der Waals surface area contributed by atoms with Crippen molar-refractivity contribution in [3.05, 3.63) is 47.5 Å². The summed E-state index contributed by atoms with van der Waals surface area (Å²) in [5.41, 5.74) is 2.38. The Bertz CT molecular complexity index is 572. The average molecular weight is 304 g/mol. The van der Waals surface area contributed by atoms with Gasteiger partial charge in [-0.2, -0.15) is 0 Å². The molecule has 104 valence electrons. The summed E-state index contributed by atoms with van der Waals surface area (Å²) >= 11 is 3.55. The maximum absolute atomic E-state index is 9.23. The van der Waals surface area contributed by atoms with Gasteiger partial charge in [-0.15, -0.1) is 0 Å². The van der Waals surface area contributed by atoms with Crippen molar-refractivity contribution in [3.63, 3.8) is 0 Å². The summed E-state index contributed by atoms with van der Waals surface area (Å²) in [6.45, 7) is 0.331. The molecule has 3 rings (SSSR count). The molecule has 1 aliphatic heterocycles. The molecule has 0 radical (unpaired) electrons. The number of rotatable bonds is 4. The van der Waals surface area contributed by atoms with Gasteiger partial charge in [0.1, 0.15) is 0 Å². The third-order valence-corrected chi connectivity index (χ3v) is 6.06.